The number of carbonyl (C=O) groups is 3. The summed E-state index contributed by atoms with van der Waals surface area (Å²) in [5.74, 6) is -0.104. The molecule has 0 aliphatic heterocycles. The molecule has 0 aliphatic rings. The maximum atomic E-state index is 12.7. The first-order chi connectivity index (χ1) is 24.4. The highest BCUT2D eigenvalue weighted by Crippen LogP contribution is 2.16. The maximum absolute atomic E-state index is 12.7. The van der Waals surface area contributed by atoms with Crippen LogP contribution in [0.5, 0.6) is 0 Å². The predicted molar refractivity (Wildman–Crippen MR) is 210 cm³/mol. The lowest BCUT2D eigenvalue weighted by atomic mass is 10.0. The van der Waals surface area contributed by atoms with Gasteiger partial charge >= 0.3 is 17.9 Å². The molecule has 6 nitrogen and oxygen atoms in total. The monoisotopic (exact) mass is 709 g/mol. The van der Waals surface area contributed by atoms with Gasteiger partial charge in [0.1, 0.15) is 13.2 Å². The van der Waals surface area contributed by atoms with E-state index >= 15 is 0 Å². The minimum Gasteiger partial charge on any atom is -0.462 e. The van der Waals surface area contributed by atoms with Gasteiger partial charge in [-0.3, -0.25) is 14.4 Å². The zero-order valence-electron chi connectivity index (χ0n) is 33.9. The molecule has 0 saturated carbocycles. The number of rotatable bonds is 39. The summed E-state index contributed by atoms with van der Waals surface area (Å²) < 4.78 is 16.6. The fourth-order valence-electron chi connectivity index (χ4n) is 6.45. The molecule has 0 radical (unpaired) electrons. The lowest BCUT2D eigenvalue weighted by Crippen LogP contribution is -2.30. The molecule has 0 bridgehead atoms. The number of carbonyl (C=O) groups excluding carboxylic acids is 3. The fraction of sp³-hybridized carbons (Fsp3) is 0.932. The van der Waals surface area contributed by atoms with Crippen molar-refractivity contribution in [2.75, 3.05) is 13.2 Å². The topological polar surface area (TPSA) is 78.9 Å². The second-order valence-electron chi connectivity index (χ2n) is 15.5. The van der Waals surface area contributed by atoms with Crippen LogP contribution in [0.1, 0.15) is 240 Å². The van der Waals surface area contributed by atoms with Crippen LogP contribution in [-0.4, -0.2) is 37.2 Å². The van der Waals surface area contributed by atoms with E-state index < -0.39 is 6.10 Å². The average molecular weight is 709 g/mol. The van der Waals surface area contributed by atoms with Crippen LogP contribution >= 0.6 is 0 Å². The highest BCUT2D eigenvalue weighted by molar-refractivity contribution is 5.71. The molecule has 0 unspecified atom stereocenters. The molecule has 0 aromatic rings. The smallest absolute Gasteiger partial charge is 0.306 e. The molecule has 50 heavy (non-hydrogen) atoms. The molecule has 0 rings (SSSR count). The van der Waals surface area contributed by atoms with Crippen molar-refractivity contribution in [2.24, 2.45) is 5.92 Å². The first-order valence-electron chi connectivity index (χ1n) is 21.9. The Kier molecular flexibility index (Phi) is 37.4. The van der Waals surface area contributed by atoms with Crippen molar-refractivity contribution in [3.8, 4) is 0 Å². The largest absolute Gasteiger partial charge is 0.462 e. The molecular formula is C44H84O6. The minimum absolute atomic E-state index is 0.0658. The van der Waals surface area contributed by atoms with Gasteiger partial charge in [0.25, 0.3) is 0 Å². The van der Waals surface area contributed by atoms with Crippen LogP contribution in [0.3, 0.4) is 0 Å². The van der Waals surface area contributed by atoms with E-state index in [0.717, 1.165) is 63.7 Å². The van der Waals surface area contributed by atoms with E-state index in [9.17, 15) is 14.4 Å². The normalized spacial score (nSPS) is 11.9. The first-order valence-corrected chi connectivity index (χ1v) is 21.9. The van der Waals surface area contributed by atoms with Gasteiger partial charge in [-0.15, -0.1) is 0 Å². The Labute approximate surface area is 310 Å². The van der Waals surface area contributed by atoms with Crippen molar-refractivity contribution < 1.29 is 28.6 Å². The molecule has 6 heteroatoms. The Hall–Kier alpha value is -1.59. The highest BCUT2D eigenvalue weighted by Gasteiger charge is 2.19. The molecule has 0 saturated heterocycles. The molecule has 0 spiro atoms. The van der Waals surface area contributed by atoms with E-state index in [1.165, 1.54) is 135 Å². The Balaban J connectivity index is 4.24. The lowest BCUT2D eigenvalue weighted by Gasteiger charge is -2.18. The van der Waals surface area contributed by atoms with Crippen LogP contribution in [0.4, 0.5) is 0 Å². The fourth-order valence-corrected chi connectivity index (χ4v) is 6.45. The number of hydrogen-bond donors (Lipinski definition) is 0. The molecule has 0 aromatic heterocycles. The second kappa shape index (κ2) is 38.6. The SMILES string of the molecule is CCCCCCCCCCCCCCCCCCC(=O)O[C@@H](COC(=O)CCCCCCCCC)COC(=O)CCCCCCCCC(C)C. The van der Waals surface area contributed by atoms with Crippen LogP contribution in [0, 0.1) is 5.92 Å². The third kappa shape index (κ3) is 37.7. The lowest BCUT2D eigenvalue weighted by molar-refractivity contribution is -0.167. The van der Waals surface area contributed by atoms with E-state index in [4.69, 9.17) is 14.2 Å². The summed E-state index contributed by atoms with van der Waals surface area (Å²) in [7, 11) is 0. The van der Waals surface area contributed by atoms with Crippen molar-refractivity contribution in [1.82, 2.24) is 0 Å². The molecule has 0 amide bonds. The molecule has 0 heterocycles. The summed E-state index contributed by atoms with van der Waals surface area (Å²) in [6.07, 6.45) is 36.8. The van der Waals surface area contributed by atoms with Crippen molar-refractivity contribution in [2.45, 2.75) is 246 Å². The van der Waals surface area contributed by atoms with Crippen molar-refractivity contribution in [3.63, 3.8) is 0 Å². The van der Waals surface area contributed by atoms with Crippen molar-refractivity contribution in [1.29, 1.82) is 0 Å². The van der Waals surface area contributed by atoms with Gasteiger partial charge in [0.05, 0.1) is 0 Å². The Morgan fingerprint density at radius 1 is 0.380 bits per heavy atom. The van der Waals surface area contributed by atoms with Gasteiger partial charge in [0.2, 0.25) is 0 Å². The van der Waals surface area contributed by atoms with E-state index in [-0.39, 0.29) is 31.1 Å². The summed E-state index contributed by atoms with van der Waals surface area (Å²) in [6, 6.07) is 0. The summed E-state index contributed by atoms with van der Waals surface area (Å²) in [5.41, 5.74) is 0. The van der Waals surface area contributed by atoms with Crippen LogP contribution < -0.4 is 0 Å². The van der Waals surface area contributed by atoms with Crippen molar-refractivity contribution >= 4 is 17.9 Å². The summed E-state index contributed by atoms with van der Waals surface area (Å²) in [5, 5.41) is 0. The maximum Gasteiger partial charge on any atom is 0.306 e. The van der Waals surface area contributed by atoms with Crippen LogP contribution in [-0.2, 0) is 28.6 Å². The first kappa shape index (κ1) is 48.4. The number of unbranched alkanes of at least 4 members (excludes halogenated alkanes) is 26. The van der Waals surface area contributed by atoms with Crippen LogP contribution in [0.15, 0.2) is 0 Å². The van der Waals surface area contributed by atoms with E-state index in [0.29, 0.717) is 19.3 Å². The van der Waals surface area contributed by atoms with E-state index in [1.807, 2.05) is 0 Å². The molecule has 0 aromatic carbocycles. The summed E-state index contributed by atoms with van der Waals surface area (Å²) in [4.78, 5) is 37.5. The van der Waals surface area contributed by atoms with Gasteiger partial charge in [-0.25, -0.2) is 0 Å². The van der Waals surface area contributed by atoms with Gasteiger partial charge in [-0.05, 0) is 25.2 Å². The zero-order valence-corrected chi connectivity index (χ0v) is 33.9. The third-order valence-electron chi connectivity index (χ3n) is 9.79. The molecule has 1 atom stereocenters. The van der Waals surface area contributed by atoms with Gasteiger partial charge in [-0.1, -0.05) is 201 Å². The highest BCUT2D eigenvalue weighted by atomic mass is 16.6. The van der Waals surface area contributed by atoms with E-state index in [1.54, 1.807) is 0 Å². The predicted octanol–water partition coefficient (Wildman–Crippen LogP) is 13.6. The third-order valence-corrected chi connectivity index (χ3v) is 9.79. The summed E-state index contributed by atoms with van der Waals surface area (Å²) in [6.45, 7) is 8.88. The average Bonchev–Trinajstić information content (AvgIpc) is 3.09. The second-order valence-corrected chi connectivity index (χ2v) is 15.5. The number of ether oxygens (including phenoxy) is 3. The van der Waals surface area contributed by atoms with Crippen molar-refractivity contribution in [3.05, 3.63) is 0 Å². The van der Waals surface area contributed by atoms with Crippen LogP contribution in [0.2, 0.25) is 0 Å². The minimum atomic E-state index is -0.758. The van der Waals surface area contributed by atoms with Gasteiger partial charge in [0.15, 0.2) is 6.10 Å². The molecule has 0 N–H and O–H groups in total. The van der Waals surface area contributed by atoms with Gasteiger partial charge < -0.3 is 14.2 Å². The quantitative estimate of drug-likeness (QED) is 0.0359. The summed E-state index contributed by atoms with van der Waals surface area (Å²) >= 11 is 0. The molecule has 0 aliphatic carbocycles. The van der Waals surface area contributed by atoms with Gasteiger partial charge in [0, 0.05) is 19.3 Å². The standard InChI is InChI=1S/C44H84O6/c1-5-7-9-11-13-14-15-16-17-18-19-20-21-23-29-33-37-44(47)50-41(38-48-42(45)35-31-27-22-12-10-8-6-2)39-49-43(46)36-32-28-25-24-26-30-34-40(3)4/h40-41H,5-39H2,1-4H3/t41-/m0/s1. The number of hydrogen-bond acceptors (Lipinski definition) is 6. The zero-order chi connectivity index (χ0) is 36.8. The Morgan fingerprint density at radius 3 is 0.980 bits per heavy atom. The Bertz CT molecular complexity index is 751. The molecule has 296 valence electrons. The van der Waals surface area contributed by atoms with Gasteiger partial charge in [-0.2, -0.15) is 0 Å². The number of esters is 3. The molecular weight excluding hydrogens is 624 g/mol. The molecule has 0 fully saturated rings. The van der Waals surface area contributed by atoms with E-state index in [2.05, 4.69) is 27.7 Å². The Morgan fingerprint density at radius 2 is 0.660 bits per heavy atom. The van der Waals surface area contributed by atoms with Crippen LogP contribution in [0.25, 0.3) is 0 Å².